The molecule has 1 atom stereocenters. The van der Waals surface area contributed by atoms with Gasteiger partial charge in [-0.15, -0.1) is 0 Å². The van der Waals surface area contributed by atoms with Crippen molar-refractivity contribution in [3.63, 3.8) is 0 Å². The molecule has 2 fully saturated rings. The van der Waals surface area contributed by atoms with Crippen LogP contribution >= 0.6 is 11.6 Å². The maximum absolute atomic E-state index is 13.3. The van der Waals surface area contributed by atoms with Crippen molar-refractivity contribution in [3.05, 3.63) is 95.0 Å². The van der Waals surface area contributed by atoms with Crippen LogP contribution < -0.4 is 16.0 Å². The summed E-state index contributed by atoms with van der Waals surface area (Å²) in [6.07, 6.45) is 5.04. The molecule has 0 spiro atoms. The van der Waals surface area contributed by atoms with Crippen molar-refractivity contribution in [3.8, 4) is 0 Å². The number of amides is 3. The van der Waals surface area contributed by atoms with E-state index in [1.807, 2.05) is 42.5 Å². The van der Waals surface area contributed by atoms with Gasteiger partial charge >= 0.3 is 6.03 Å². The molecule has 3 amide bonds. The van der Waals surface area contributed by atoms with Gasteiger partial charge in [0.25, 0.3) is 5.91 Å². The zero-order valence-corrected chi connectivity index (χ0v) is 20.9. The van der Waals surface area contributed by atoms with Gasteiger partial charge in [-0.1, -0.05) is 54.1 Å². The number of hydrogen-bond donors (Lipinski definition) is 3. The van der Waals surface area contributed by atoms with Gasteiger partial charge in [0.1, 0.15) is 6.04 Å². The topological polar surface area (TPSA) is 73.5 Å². The molecule has 6 nitrogen and oxygen atoms in total. The number of urea groups is 1. The van der Waals surface area contributed by atoms with E-state index in [0.29, 0.717) is 22.0 Å². The minimum Gasteiger partial charge on any atom is -0.324 e. The molecule has 1 saturated heterocycles. The van der Waals surface area contributed by atoms with Crippen LogP contribution in [-0.2, 0) is 10.2 Å². The van der Waals surface area contributed by atoms with Gasteiger partial charge in [-0.05, 0) is 86.3 Å². The van der Waals surface area contributed by atoms with Gasteiger partial charge in [-0.2, -0.15) is 0 Å². The lowest BCUT2D eigenvalue weighted by molar-refractivity contribution is -0.118. The lowest BCUT2D eigenvalue weighted by atomic mass is 9.95. The summed E-state index contributed by atoms with van der Waals surface area (Å²) in [5, 5.41) is 9.12. The second-order valence-corrected chi connectivity index (χ2v) is 10.2. The summed E-state index contributed by atoms with van der Waals surface area (Å²) in [6.45, 7) is 3.53. The van der Waals surface area contributed by atoms with Crippen molar-refractivity contribution < 1.29 is 9.59 Å². The molecule has 186 valence electrons. The van der Waals surface area contributed by atoms with Crippen LogP contribution in [-0.4, -0.2) is 36.5 Å². The summed E-state index contributed by atoms with van der Waals surface area (Å²) in [5.41, 5.74) is 3.60. The highest BCUT2D eigenvalue weighted by atomic mass is 35.5. The van der Waals surface area contributed by atoms with E-state index in [9.17, 15) is 9.59 Å². The van der Waals surface area contributed by atoms with E-state index in [1.54, 1.807) is 24.3 Å². The first kappa shape index (κ1) is 24.3. The van der Waals surface area contributed by atoms with E-state index in [0.717, 1.165) is 6.54 Å². The number of carbonyl (C=O) groups excluding carboxylic acids is 2. The first-order valence-electron chi connectivity index (χ1n) is 12.5. The van der Waals surface area contributed by atoms with Crippen molar-refractivity contribution in [2.45, 2.75) is 37.1 Å². The third-order valence-corrected chi connectivity index (χ3v) is 7.37. The lowest BCUT2D eigenvalue weighted by Gasteiger charge is -2.24. The Balaban J connectivity index is 1.25. The predicted molar refractivity (Wildman–Crippen MR) is 144 cm³/mol. The number of nitrogens with zero attached hydrogens (tertiary/aromatic N) is 1. The Labute approximate surface area is 217 Å². The molecule has 1 unspecified atom stereocenters. The molecule has 36 heavy (non-hydrogen) atoms. The zero-order chi connectivity index (χ0) is 25.0. The molecule has 5 rings (SSSR count). The van der Waals surface area contributed by atoms with E-state index in [4.69, 9.17) is 11.6 Å². The minimum atomic E-state index is -0.858. The number of anilines is 2. The molecule has 3 aromatic carbocycles. The largest absolute Gasteiger partial charge is 0.324 e. The third kappa shape index (κ3) is 5.89. The second kappa shape index (κ2) is 10.7. The highest BCUT2D eigenvalue weighted by Crippen LogP contribution is 2.49. The molecule has 1 saturated carbocycles. The fourth-order valence-electron chi connectivity index (χ4n) is 4.96. The highest BCUT2D eigenvalue weighted by molar-refractivity contribution is 6.30. The lowest BCUT2D eigenvalue weighted by Crippen LogP contribution is -2.39. The average molecular weight is 503 g/mol. The molecule has 3 N–H and O–H groups in total. The molecule has 0 aromatic heterocycles. The molecule has 0 bridgehead atoms. The number of hydrogen-bond acceptors (Lipinski definition) is 3. The van der Waals surface area contributed by atoms with Gasteiger partial charge in [0.15, 0.2) is 0 Å². The molecule has 7 heteroatoms. The van der Waals surface area contributed by atoms with Gasteiger partial charge < -0.3 is 20.9 Å². The van der Waals surface area contributed by atoms with Crippen LogP contribution in [0.1, 0.15) is 42.9 Å². The van der Waals surface area contributed by atoms with E-state index >= 15 is 0 Å². The molecular formula is C29H31ClN4O2. The molecule has 2 aliphatic rings. The van der Waals surface area contributed by atoms with E-state index < -0.39 is 12.1 Å². The van der Waals surface area contributed by atoms with Crippen LogP contribution in [0.2, 0.25) is 5.02 Å². The Bertz CT molecular complexity index is 1190. The van der Waals surface area contributed by atoms with Crippen molar-refractivity contribution in [2.24, 2.45) is 0 Å². The number of likely N-dealkylation sites (tertiary alicyclic amines) is 1. The monoisotopic (exact) mass is 502 g/mol. The van der Waals surface area contributed by atoms with Gasteiger partial charge in [-0.25, -0.2) is 4.79 Å². The maximum atomic E-state index is 13.3. The van der Waals surface area contributed by atoms with E-state index in [2.05, 4.69) is 33.0 Å². The first-order valence-corrected chi connectivity index (χ1v) is 12.9. The summed E-state index contributed by atoms with van der Waals surface area (Å²) in [5.74, 6) is -0.307. The number of carbonyl (C=O) groups is 2. The van der Waals surface area contributed by atoms with Crippen LogP contribution in [0.15, 0.2) is 78.9 Å². The van der Waals surface area contributed by atoms with E-state index in [-0.39, 0.29) is 11.3 Å². The normalized spacial score (nSPS) is 17.2. The Morgan fingerprint density at radius 1 is 0.833 bits per heavy atom. The zero-order valence-electron chi connectivity index (χ0n) is 20.2. The summed E-state index contributed by atoms with van der Waals surface area (Å²) in [7, 11) is 0. The fourth-order valence-corrected chi connectivity index (χ4v) is 5.08. The number of benzene rings is 3. The summed E-state index contributed by atoms with van der Waals surface area (Å²) >= 11 is 5.92. The van der Waals surface area contributed by atoms with E-state index in [1.165, 1.54) is 44.3 Å². The Morgan fingerprint density at radius 2 is 1.44 bits per heavy atom. The molecule has 1 aliphatic heterocycles. The van der Waals surface area contributed by atoms with Gasteiger partial charge in [-0.3, -0.25) is 4.79 Å². The predicted octanol–water partition coefficient (Wildman–Crippen LogP) is 5.97. The fraction of sp³-hybridized carbons (Fsp3) is 0.310. The Hall–Kier alpha value is -3.35. The van der Waals surface area contributed by atoms with Crippen LogP contribution in [0.25, 0.3) is 0 Å². The van der Waals surface area contributed by atoms with Crippen LogP contribution in [0.3, 0.4) is 0 Å². The van der Waals surface area contributed by atoms with Crippen molar-refractivity contribution in [1.29, 1.82) is 0 Å². The summed E-state index contributed by atoms with van der Waals surface area (Å²) in [4.78, 5) is 28.6. The first-order chi connectivity index (χ1) is 17.5. The molecule has 3 aromatic rings. The Morgan fingerprint density at radius 3 is 2.08 bits per heavy atom. The van der Waals surface area contributed by atoms with Crippen LogP contribution in [0, 0.1) is 0 Å². The average Bonchev–Trinajstić information content (AvgIpc) is 3.49. The quantitative estimate of drug-likeness (QED) is 0.355. The van der Waals surface area contributed by atoms with Gasteiger partial charge in [0.2, 0.25) is 0 Å². The van der Waals surface area contributed by atoms with Gasteiger partial charge in [0.05, 0.1) is 0 Å². The minimum absolute atomic E-state index is 0.265. The SMILES string of the molecule is O=C(Nc1ccc(Cl)cc1)NC(C(=O)Nc1ccc(C2(CN3CCCC3)CC2)cc1)c1ccccc1. The number of nitrogens with one attached hydrogen (secondary N) is 3. The molecular weight excluding hydrogens is 472 g/mol. The third-order valence-electron chi connectivity index (χ3n) is 7.12. The van der Waals surface area contributed by atoms with Gasteiger partial charge in [0, 0.05) is 28.4 Å². The smallest absolute Gasteiger partial charge is 0.320 e. The van der Waals surface area contributed by atoms with Crippen LogP contribution in [0.4, 0.5) is 16.2 Å². The Kier molecular flexibility index (Phi) is 7.25. The van der Waals surface area contributed by atoms with Crippen molar-refractivity contribution in [2.75, 3.05) is 30.3 Å². The second-order valence-electron chi connectivity index (χ2n) is 9.78. The molecule has 0 radical (unpaired) electrons. The highest BCUT2D eigenvalue weighted by Gasteiger charge is 2.45. The molecule has 1 heterocycles. The summed E-state index contributed by atoms with van der Waals surface area (Å²) < 4.78 is 0. The van der Waals surface area contributed by atoms with Crippen molar-refractivity contribution in [1.82, 2.24) is 10.2 Å². The summed E-state index contributed by atoms with van der Waals surface area (Å²) in [6, 6.07) is 22.9. The van der Waals surface area contributed by atoms with Crippen LogP contribution in [0.5, 0.6) is 0 Å². The maximum Gasteiger partial charge on any atom is 0.320 e. The number of halogens is 1. The van der Waals surface area contributed by atoms with Crippen molar-refractivity contribution >= 4 is 34.9 Å². The standard InChI is InChI=1S/C29H31ClN4O2/c30-23-10-14-25(15-11-23)32-28(36)33-26(21-6-2-1-3-7-21)27(35)31-24-12-8-22(9-13-24)29(16-17-29)20-34-18-4-5-19-34/h1-3,6-15,26H,4-5,16-20H2,(H,31,35)(H2,32,33,36). The number of rotatable bonds is 8. The molecule has 1 aliphatic carbocycles.